The summed E-state index contributed by atoms with van der Waals surface area (Å²) in [6, 6.07) is 11.0. The first kappa shape index (κ1) is 8.07. The van der Waals surface area contributed by atoms with Crippen molar-refractivity contribution in [3.05, 3.63) is 35.9 Å². The molecule has 6 saturated carbocycles. The molecule has 0 aromatic heterocycles. The third-order valence-corrected chi connectivity index (χ3v) is 7.14. The Morgan fingerprint density at radius 3 is 2.65 bits per heavy atom. The number of Topliss-reactive ketones (excluding diaryl/α,β-unsaturated/α-hetero) is 1. The van der Waals surface area contributed by atoms with Crippen LogP contribution in [-0.4, -0.2) is 5.78 Å². The summed E-state index contributed by atoms with van der Waals surface area (Å²) in [4.78, 5) is 12.5. The summed E-state index contributed by atoms with van der Waals surface area (Å²) in [6.45, 7) is 0. The van der Waals surface area contributed by atoms with Crippen LogP contribution in [0.25, 0.3) is 0 Å². The van der Waals surface area contributed by atoms with E-state index in [0.717, 1.165) is 29.6 Å². The smallest absolute Gasteiger partial charge is 0.140 e. The molecule has 6 aliphatic carbocycles. The molecule has 6 aliphatic rings. The molecule has 1 aromatic carbocycles. The zero-order chi connectivity index (χ0) is 10.9. The van der Waals surface area contributed by atoms with Crippen molar-refractivity contribution in [2.45, 2.75) is 11.8 Å². The summed E-state index contributed by atoms with van der Waals surface area (Å²) >= 11 is 0. The summed E-state index contributed by atoms with van der Waals surface area (Å²) in [6.07, 6.45) is 1.39. The van der Waals surface area contributed by atoms with Crippen LogP contribution in [0.2, 0.25) is 0 Å². The largest absolute Gasteiger partial charge is 0.299 e. The molecule has 84 valence electrons. The van der Waals surface area contributed by atoms with E-state index in [1.54, 1.807) is 0 Å². The molecule has 0 aliphatic heterocycles. The van der Waals surface area contributed by atoms with Gasteiger partial charge in [0.05, 0.1) is 0 Å². The van der Waals surface area contributed by atoms with E-state index in [0.29, 0.717) is 23.0 Å². The molecule has 0 radical (unpaired) electrons. The number of ketones is 1. The molecule has 1 heteroatoms. The van der Waals surface area contributed by atoms with E-state index in [2.05, 4.69) is 30.3 Å². The Labute approximate surface area is 100 Å². The van der Waals surface area contributed by atoms with Gasteiger partial charge >= 0.3 is 0 Å². The summed E-state index contributed by atoms with van der Waals surface area (Å²) in [5, 5.41) is 0. The van der Waals surface area contributed by atoms with Gasteiger partial charge in [0.25, 0.3) is 0 Å². The van der Waals surface area contributed by atoms with Crippen molar-refractivity contribution < 1.29 is 4.79 Å². The van der Waals surface area contributed by atoms with E-state index in [1.807, 2.05) is 0 Å². The lowest BCUT2D eigenvalue weighted by atomic mass is 9.30. The highest BCUT2D eigenvalue weighted by atomic mass is 16.1. The van der Waals surface area contributed by atoms with Gasteiger partial charge in [-0.2, -0.15) is 0 Å². The first-order chi connectivity index (χ1) is 8.37. The highest BCUT2D eigenvalue weighted by Gasteiger charge is 2.94. The number of benzene rings is 1. The van der Waals surface area contributed by atoms with E-state index in [9.17, 15) is 4.79 Å². The first-order valence-electron chi connectivity index (χ1n) is 6.96. The lowest BCUT2D eigenvalue weighted by molar-refractivity contribution is -0.202. The molecule has 8 atom stereocenters. The van der Waals surface area contributed by atoms with Crippen LogP contribution in [0.4, 0.5) is 0 Å². The second-order valence-electron chi connectivity index (χ2n) is 6.90. The maximum absolute atomic E-state index is 12.5. The van der Waals surface area contributed by atoms with E-state index >= 15 is 0 Å². The third-order valence-electron chi connectivity index (χ3n) is 7.14. The van der Waals surface area contributed by atoms with Crippen molar-refractivity contribution in [1.82, 2.24) is 0 Å². The van der Waals surface area contributed by atoms with Crippen LogP contribution in [0, 0.1) is 41.4 Å². The Kier molecular flexibility index (Phi) is 0.950. The number of carbonyl (C=O) groups is 1. The van der Waals surface area contributed by atoms with E-state index < -0.39 is 0 Å². The van der Waals surface area contributed by atoms with Crippen molar-refractivity contribution in [1.29, 1.82) is 0 Å². The molecule has 0 amide bonds. The highest BCUT2D eigenvalue weighted by molar-refractivity contribution is 5.96. The molecular weight excluding hydrogens is 208 g/mol. The predicted octanol–water partition coefficient (Wildman–Crippen LogP) is 2.27. The monoisotopic (exact) mass is 222 g/mol. The third kappa shape index (κ3) is 0.492. The average molecular weight is 222 g/mol. The summed E-state index contributed by atoms with van der Waals surface area (Å²) in [7, 11) is 0. The fourth-order valence-electron chi connectivity index (χ4n) is 7.27. The van der Waals surface area contributed by atoms with Crippen LogP contribution in [0.3, 0.4) is 0 Å². The summed E-state index contributed by atoms with van der Waals surface area (Å²) in [5.41, 5.74) is 1.83. The number of carbonyl (C=O) groups excluding carboxylic acids is 1. The van der Waals surface area contributed by atoms with Gasteiger partial charge < -0.3 is 0 Å². The van der Waals surface area contributed by atoms with E-state index in [-0.39, 0.29) is 0 Å². The molecule has 8 unspecified atom stereocenters. The van der Waals surface area contributed by atoms with Crippen LogP contribution in [0.15, 0.2) is 30.3 Å². The van der Waals surface area contributed by atoms with Crippen molar-refractivity contribution >= 4 is 5.78 Å². The zero-order valence-corrected chi connectivity index (χ0v) is 9.54. The Bertz CT molecular complexity index is 576. The molecule has 0 spiro atoms. The van der Waals surface area contributed by atoms with E-state index in [4.69, 9.17) is 0 Å². The molecule has 7 rings (SSSR count). The van der Waals surface area contributed by atoms with Crippen LogP contribution in [0.5, 0.6) is 0 Å². The molecule has 0 N–H and O–H groups in total. The Hall–Kier alpha value is -1.11. The molecule has 0 heterocycles. The fourth-order valence-corrected chi connectivity index (χ4v) is 7.27. The van der Waals surface area contributed by atoms with Gasteiger partial charge in [0.2, 0.25) is 0 Å². The second-order valence-corrected chi connectivity index (χ2v) is 6.90. The molecule has 1 aromatic rings. The Balaban J connectivity index is 1.65. The van der Waals surface area contributed by atoms with Gasteiger partial charge in [-0.15, -0.1) is 0 Å². The van der Waals surface area contributed by atoms with Gasteiger partial charge in [-0.3, -0.25) is 4.79 Å². The van der Waals surface area contributed by atoms with Gasteiger partial charge in [0.15, 0.2) is 0 Å². The van der Waals surface area contributed by atoms with Crippen molar-refractivity contribution in [2.24, 2.45) is 41.4 Å². The minimum absolute atomic E-state index is 0.339. The van der Waals surface area contributed by atoms with Gasteiger partial charge in [-0.1, -0.05) is 30.3 Å². The molecule has 1 nitrogen and oxygen atoms in total. The van der Waals surface area contributed by atoms with Crippen LogP contribution in [-0.2, 0) is 10.2 Å². The first-order valence-corrected chi connectivity index (χ1v) is 6.96. The maximum atomic E-state index is 12.5. The van der Waals surface area contributed by atoms with Crippen molar-refractivity contribution in [3.63, 3.8) is 0 Å². The van der Waals surface area contributed by atoms with Gasteiger partial charge in [-0.05, 0) is 41.6 Å². The van der Waals surface area contributed by atoms with Crippen LogP contribution in [0.1, 0.15) is 12.0 Å². The molecule has 0 saturated heterocycles. The Morgan fingerprint density at radius 1 is 1.06 bits per heavy atom. The molecule has 6 fully saturated rings. The van der Waals surface area contributed by atoms with Crippen LogP contribution < -0.4 is 0 Å². The van der Waals surface area contributed by atoms with Gasteiger partial charge in [0, 0.05) is 17.3 Å². The minimum atomic E-state index is 0.339. The molecular formula is C16H14O. The van der Waals surface area contributed by atoms with Gasteiger partial charge in [0.1, 0.15) is 5.78 Å². The SMILES string of the molecule is O=C1C2C3CC4C2C2(c5ccccc5)C1C3C42. The molecule has 17 heavy (non-hydrogen) atoms. The molecule has 4 bridgehead atoms. The fraction of sp³-hybridized carbons (Fsp3) is 0.562. The standard InChI is InChI=1S/C16H14O/c17-15-11-8-6-9-12-10(8)14(15)16(12,13(9)11)7-4-2-1-3-5-7/h1-5,8-14H,6H2. The Morgan fingerprint density at radius 2 is 1.88 bits per heavy atom. The highest BCUT2D eigenvalue weighted by Crippen LogP contribution is 2.92. The van der Waals surface area contributed by atoms with Crippen LogP contribution >= 0.6 is 0 Å². The number of hydrogen-bond donors (Lipinski definition) is 0. The summed E-state index contributed by atoms with van der Waals surface area (Å²) < 4.78 is 0. The van der Waals surface area contributed by atoms with E-state index in [1.165, 1.54) is 12.0 Å². The summed E-state index contributed by atoms with van der Waals surface area (Å²) in [5.74, 6) is 5.78. The topological polar surface area (TPSA) is 17.1 Å². The minimum Gasteiger partial charge on any atom is -0.299 e. The lowest BCUT2D eigenvalue weighted by Crippen LogP contribution is -2.73. The average Bonchev–Trinajstić information content (AvgIpc) is 2.85. The number of hydrogen-bond acceptors (Lipinski definition) is 1. The van der Waals surface area contributed by atoms with Gasteiger partial charge in [-0.25, -0.2) is 0 Å². The predicted molar refractivity (Wildman–Crippen MR) is 62.2 cm³/mol. The zero-order valence-electron chi connectivity index (χ0n) is 9.54. The lowest BCUT2D eigenvalue weighted by Gasteiger charge is -2.72. The number of rotatable bonds is 1. The normalized spacial score (nSPS) is 62.8. The van der Waals surface area contributed by atoms with Crippen molar-refractivity contribution in [2.75, 3.05) is 0 Å². The quantitative estimate of drug-likeness (QED) is 0.712. The van der Waals surface area contributed by atoms with Crippen molar-refractivity contribution in [3.8, 4) is 0 Å². The second kappa shape index (κ2) is 2.00. The maximum Gasteiger partial charge on any atom is 0.140 e.